The summed E-state index contributed by atoms with van der Waals surface area (Å²) in [5.74, 6) is 0.220. The molecule has 12 N–H and O–H groups in total. The van der Waals surface area contributed by atoms with Crippen LogP contribution in [0.5, 0.6) is 0 Å². The predicted molar refractivity (Wildman–Crippen MR) is 287 cm³/mol. The van der Waals surface area contributed by atoms with Gasteiger partial charge in [0.15, 0.2) is 31.5 Å². The third kappa shape index (κ3) is 11.2. The second-order valence-electron chi connectivity index (χ2n) is 27.7. The molecule has 486 valence electrons. The average Bonchev–Trinajstić information content (AvgIpc) is 1.57. The summed E-state index contributed by atoms with van der Waals surface area (Å²) in [6, 6.07) is 0. The molecule has 26 nitrogen and oxygen atoms in total. The fourth-order valence-corrected chi connectivity index (χ4v) is 17.3. The van der Waals surface area contributed by atoms with Crippen LogP contribution in [0.2, 0.25) is 0 Å². The Balaban J connectivity index is 0.883. The van der Waals surface area contributed by atoms with Gasteiger partial charge < -0.3 is 118 Å². The van der Waals surface area contributed by atoms with E-state index in [9.17, 15) is 70.9 Å². The molecule has 0 aromatic rings. The molecule has 0 aromatic heterocycles. The quantitative estimate of drug-likeness (QED) is 0.0572. The van der Waals surface area contributed by atoms with E-state index in [0.717, 1.165) is 25.7 Å². The topological polar surface area (TPSA) is 388 Å². The van der Waals surface area contributed by atoms with Crippen molar-refractivity contribution in [3.8, 4) is 0 Å². The largest absolute Gasteiger partial charge is 0.458 e. The zero-order valence-corrected chi connectivity index (χ0v) is 50.0. The van der Waals surface area contributed by atoms with Crippen LogP contribution in [-0.2, 0) is 66.4 Å². The van der Waals surface area contributed by atoms with Gasteiger partial charge in [-0.05, 0) is 87.4 Å². The Morgan fingerprint density at radius 2 is 1.21 bits per heavy atom. The van der Waals surface area contributed by atoms with Gasteiger partial charge in [-0.2, -0.15) is 0 Å². The number of cyclic esters (lactones) is 1. The molecular formula is C59H94O26. The van der Waals surface area contributed by atoms with Gasteiger partial charge >= 0.3 is 5.97 Å². The van der Waals surface area contributed by atoms with Crippen LogP contribution in [0.3, 0.4) is 0 Å². The minimum atomic E-state index is -2.01. The summed E-state index contributed by atoms with van der Waals surface area (Å²) in [6.07, 6.45) is -30.9. The van der Waals surface area contributed by atoms with Crippen LogP contribution >= 0.6 is 0 Å². The number of hydrogen-bond donors (Lipinski definition) is 12. The van der Waals surface area contributed by atoms with Crippen molar-refractivity contribution in [2.75, 3.05) is 33.5 Å². The van der Waals surface area contributed by atoms with Crippen molar-refractivity contribution in [2.45, 2.75) is 266 Å². The molecule has 6 saturated heterocycles. The standard InChI is InChI=1S/C59H94O26/c1-24(2)18-26(62)19-58(8)34-13-16-57(7)28-10-11-33-55(4,5)35(14-15-56(33,6)27(28)12-17-59(34,57)54(73)85-58)80-52-47(36(65)29(63)22-76-52)84-53-48(83-50-40(69)39(68)37(66)31(20-60)78-50)41(70)44(25(3)77-53)81-51-43(72)46(38(67)32(21-61)79-51)82-49-42(71)45(74-9)30(64)23-75-49/h10,24-25,27,29-53,60-61,63-72H,11-23H2,1-9H3/t25-,27+,29-,30-,31-,32-,33+,34-,35+,36+,37-,38-,39+,40-,41+,42-,43-,44-,45+,46+,47-,48-,49+,50+,51+,52+,53+,56-,57+,58+,59-/m1/s1. The zero-order chi connectivity index (χ0) is 61.8. The third-order valence-electron chi connectivity index (χ3n) is 21.8. The Hall–Kier alpha value is -2.04. The lowest BCUT2D eigenvalue weighted by Gasteiger charge is -2.64. The first-order chi connectivity index (χ1) is 40.0. The molecule has 6 heterocycles. The molecule has 10 aliphatic rings. The number of rotatable bonds is 17. The van der Waals surface area contributed by atoms with Crippen LogP contribution < -0.4 is 0 Å². The normalized spacial score (nSPS) is 52.4. The van der Waals surface area contributed by atoms with Crippen molar-refractivity contribution >= 4 is 11.8 Å². The number of aliphatic hydroxyl groups is 12. The first kappa shape index (κ1) is 65.9. The maximum atomic E-state index is 14.5. The van der Waals surface area contributed by atoms with Crippen molar-refractivity contribution in [1.82, 2.24) is 0 Å². The van der Waals surface area contributed by atoms with Crippen LogP contribution in [-0.4, -0.2) is 260 Å². The summed E-state index contributed by atoms with van der Waals surface area (Å²) < 4.78 is 72.8. The number of aliphatic hydroxyl groups excluding tert-OH is 12. The van der Waals surface area contributed by atoms with Gasteiger partial charge in [-0.3, -0.25) is 9.59 Å². The molecule has 10 rings (SSSR count). The molecule has 6 aliphatic heterocycles. The summed E-state index contributed by atoms with van der Waals surface area (Å²) in [5, 5.41) is 133. The molecule has 31 atom stereocenters. The minimum absolute atomic E-state index is 0.0508. The van der Waals surface area contributed by atoms with Gasteiger partial charge in [0.2, 0.25) is 0 Å². The first-order valence-electron chi connectivity index (χ1n) is 30.5. The lowest BCUT2D eigenvalue weighted by atomic mass is 9.41. The number of carbonyl (C=O) groups is 2. The summed E-state index contributed by atoms with van der Waals surface area (Å²) >= 11 is 0. The molecule has 9 fully saturated rings. The second-order valence-corrected chi connectivity index (χ2v) is 27.7. The fourth-order valence-electron chi connectivity index (χ4n) is 17.3. The van der Waals surface area contributed by atoms with Crippen LogP contribution in [0.15, 0.2) is 11.6 Å². The molecule has 85 heavy (non-hydrogen) atoms. The summed E-state index contributed by atoms with van der Waals surface area (Å²) in [7, 11) is 1.24. The molecule has 0 bridgehead atoms. The predicted octanol–water partition coefficient (Wildman–Crippen LogP) is -1.67. The van der Waals surface area contributed by atoms with E-state index in [0.29, 0.717) is 25.7 Å². The second kappa shape index (κ2) is 24.9. The molecule has 1 spiro atoms. The van der Waals surface area contributed by atoms with Crippen molar-refractivity contribution in [3.05, 3.63) is 11.6 Å². The van der Waals surface area contributed by atoms with Crippen molar-refractivity contribution in [2.24, 2.45) is 45.3 Å². The lowest BCUT2D eigenvalue weighted by Crippen LogP contribution is -2.68. The Morgan fingerprint density at radius 1 is 0.612 bits per heavy atom. The summed E-state index contributed by atoms with van der Waals surface area (Å²) in [6.45, 7) is 13.9. The average molecular weight is 1220 g/mol. The molecule has 0 amide bonds. The third-order valence-corrected chi connectivity index (χ3v) is 21.8. The molecule has 0 unspecified atom stereocenters. The summed E-state index contributed by atoms with van der Waals surface area (Å²) in [4.78, 5) is 27.8. The van der Waals surface area contributed by atoms with E-state index in [1.165, 1.54) is 19.6 Å². The van der Waals surface area contributed by atoms with E-state index < -0.39 is 182 Å². The number of carbonyl (C=O) groups excluding carboxylic acids is 2. The van der Waals surface area contributed by atoms with Gasteiger partial charge in [0.25, 0.3) is 0 Å². The minimum Gasteiger partial charge on any atom is -0.458 e. The molecule has 0 radical (unpaired) electrons. The Labute approximate surface area is 494 Å². The molecule has 0 aromatic carbocycles. The van der Waals surface area contributed by atoms with Gasteiger partial charge in [-0.1, -0.05) is 53.2 Å². The number of hydrogen-bond acceptors (Lipinski definition) is 26. The highest BCUT2D eigenvalue weighted by Crippen LogP contribution is 2.76. The van der Waals surface area contributed by atoms with Gasteiger partial charge in [0, 0.05) is 31.3 Å². The van der Waals surface area contributed by atoms with Crippen molar-refractivity contribution < 1.29 is 128 Å². The zero-order valence-electron chi connectivity index (χ0n) is 50.0. The smallest absolute Gasteiger partial charge is 0.313 e. The molecule has 4 aliphatic carbocycles. The number of fused-ring (bicyclic) bond motifs is 4. The van der Waals surface area contributed by atoms with Gasteiger partial charge in [0.1, 0.15) is 115 Å². The van der Waals surface area contributed by atoms with Crippen molar-refractivity contribution in [3.63, 3.8) is 0 Å². The van der Waals surface area contributed by atoms with Crippen LogP contribution in [0, 0.1) is 45.3 Å². The fraction of sp³-hybridized carbons (Fsp3) is 0.932. The van der Waals surface area contributed by atoms with Crippen LogP contribution in [0.4, 0.5) is 0 Å². The van der Waals surface area contributed by atoms with E-state index in [2.05, 4.69) is 33.8 Å². The SMILES string of the molecule is CO[C@@H]1[C@@H](O)[C@H](O[C@@H]2[C@@H](O)[C@H](O[C@H]3[C@H](O)[C@@H](O[C@@H]4O[C@H](CO)[C@@H](O)[C@H](O)[C@H]4O)[C@H](O[C@H]4[C@H](O[C@H]5CC[C@]6(C)[C@H]7CC[C@]89C(=O)O[C@@](C)(CC(=O)CC(C)C)[C@H]8CC[C@@]9(C)C7=CC[C@H]6C5(C)C)OC[C@@H](O)[C@@H]4O)O[C@@H]3C)O[C@H](CO)[C@H]2O)OC[C@H]1O. The highest BCUT2D eigenvalue weighted by molar-refractivity contribution is 5.86. The number of esters is 1. The first-order valence-corrected chi connectivity index (χ1v) is 30.5. The maximum Gasteiger partial charge on any atom is 0.313 e. The van der Waals surface area contributed by atoms with Gasteiger partial charge in [-0.25, -0.2) is 0 Å². The van der Waals surface area contributed by atoms with Gasteiger partial charge in [-0.15, -0.1) is 0 Å². The monoisotopic (exact) mass is 1220 g/mol. The van der Waals surface area contributed by atoms with Crippen LogP contribution in [0.25, 0.3) is 0 Å². The van der Waals surface area contributed by atoms with E-state index in [1.807, 2.05) is 20.8 Å². The highest BCUT2D eigenvalue weighted by Gasteiger charge is 2.76. The summed E-state index contributed by atoms with van der Waals surface area (Å²) in [5.41, 5.74) is -1.57. The van der Waals surface area contributed by atoms with Gasteiger partial charge in [0.05, 0.1) is 44.1 Å². The van der Waals surface area contributed by atoms with E-state index in [-0.39, 0.29) is 60.5 Å². The molecule has 26 heteroatoms. The van der Waals surface area contributed by atoms with Crippen molar-refractivity contribution in [1.29, 1.82) is 0 Å². The molecular weight excluding hydrogens is 1120 g/mol. The van der Waals surface area contributed by atoms with Crippen LogP contribution in [0.1, 0.15) is 113 Å². The number of methoxy groups -OCH3 is 1. The van der Waals surface area contributed by atoms with E-state index >= 15 is 0 Å². The van der Waals surface area contributed by atoms with E-state index in [1.54, 1.807) is 0 Å². The highest BCUT2D eigenvalue weighted by atomic mass is 16.8. The number of ketones is 1. The van der Waals surface area contributed by atoms with E-state index in [4.69, 9.17) is 56.8 Å². The number of allylic oxidation sites excluding steroid dienone is 2. The number of Topliss-reactive ketones (excluding diaryl/α,β-unsaturated/α-hetero) is 1. The maximum absolute atomic E-state index is 14.5. The Bertz CT molecular complexity index is 2380. The Morgan fingerprint density at radius 3 is 1.88 bits per heavy atom. The number of ether oxygens (including phenoxy) is 12. The lowest BCUT2D eigenvalue weighted by molar-refractivity contribution is -0.405. The Kier molecular flexibility index (Phi) is 19.3. The molecule has 3 saturated carbocycles.